The molecule has 2 amide bonds. The maximum Gasteiger partial charge on any atom is 0.426 e. The lowest BCUT2D eigenvalue weighted by Crippen LogP contribution is -2.52. The number of amides is 2. The number of aliphatic hydroxyl groups excluding tert-OH is 1. The van der Waals surface area contributed by atoms with Crippen LogP contribution in [0.5, 0.6) is 0 Å². The van der Waals surface area contributed by atoms with Crippen LogP contribution in [0, 0.1) is 0 Å². The highest BCUT2D eigenvalue weighted by molar-refractivity contribution is 7.89. The second-order valence-corrected chi connectivity index (χ2v) is 8.95. The van der Waals surface area contributed by atoms with Gasteiger partial charge in [-0.15, -0.1) is 0 Å². The van der Waals surface area contributed by atoms with Gasteiger partial charge in [-0.25, -0.2) is 8.42 Å². The second-order valence-electron chi connectivity index (χ2n) is 6.61. The van der Waals surface area contributed by atoms with Crippen molar-refractivity contribution >= 4 is 39.1 Å². The predicted octanol–water partition coefficient (Wildman–Crippen LogP) is 0.417. The first-order valence-electron chi connectivity index (χ1n) is 8.50. The van der Waals surface area contributed by atoms with Gasteiger partial charge in [0.15, 0.2) is 0 Å². The summed E-state index contributed by atoms with van der Waals surface area (Å²) in [6, 6.07) is 3.01. The standard InChI is InChI=1S/C16H19ClF3N3O6S/c1-15(27,16(18,19)20)14(26)21-12-3-2-10(8-11(12)17)30(28,29)23-6-4-22(5-7-23)13(25)9-24/h2-3,8,24,27H,4-7,9H2,1H3,(H,21,26)/t15-/m1/s1. The molecule has 14 heteroatoms. The van der Waals surface area contributed by atoms with E-state index in [4.69, 9.17) is 16.7 Å². The van der Waals surface area contributed by atoms with Crippen LogP contribution < -0.4 is 5.32 Å². The SMILES string of the molecule is C[C@@](O)(C(=O)Nc1ccc(S(=O)(=O)N2CCN(C(=O)CO)CC2)cc1Cl)C(F)(F)F. The Hall–Kier alpha value is -1.93. The quantitative estimate of drug-likeness (QED) is 0.568. The van der Waals surface area contributed by atoms with Gasteiger partial charge < -0.3 is 20.4 Å². The van der Waals surface area contributed by atoms with Crippen LogP contribution in [-0.4, -0.2) is 84.2 Å². The molecule has 3 N–H and O–H groups in total. The number of halogens is 4. The number of sulfonamides is 1. The molecule has 9 nitrogen and oxygen atoms in total. The van der Waals surface area contributed by atoms with Crippen molar-refractivity contribution in [3.63, 3.8) is 0 Å². The first-order valence-corrected chi connectivity index (χ1v) is 10.3. The Labute approximate surface area is 175 Å². The molecule has 0 aliphatic carbocycles. The van der Waals surface area contributed by atoms with Gasteiger partial charge in [0.25, 0.3) is 5.91 Å². The number of carbonyl (C=O) groups is 2. The number of rotatable bonds is 5. The molecule has 30 heavy (non-hydrogen) atoms. The van der Waals surface area contributed by atoms with Crippen LogP contribution in [0.15, 0.2) is 23.1 Å². The van der Waals surface area contributed by atoms with Gasteiger partial charge in [-0.1, -0.05) is 11.6 Å². The largest absolute Gasteiger partial charge is 0.426 e. The van der Waals surface area contributed by atoms with E-state index >= 15 is 0 Å². The Morgan fingerprint density at radius 2 is 1.77 bits per heavy atom. The third-order valence-corrected chi connectivity index (χ3v) is 6.75. The Balaban J connectivity index is 2.17. The zero-order chi connectivity index (χ0) is 22.9. The highest BCUT2D eigenvalue weighted by Crippen LogP contribution is 2.33. The molecule has 0 bridgehead atoms. The molecule has 1 atom stereocenters. The Morgan fingerprint density at radius 3 is 2.23 bits per heavy atom. The minimum absolute atomic E-state index is 0.0291. The van der Waals surface area contributed by atoms with Crippen molar-refractivity contribution in [2.45, 2.75) is 23.6 Å². The van der Waals surface area contributed by atoms with E-state index in [1.807, 2.05) is 5.32 Å². The van der Waals surface area contributed by atoms with E-state index in [0.717, 1.165) is 22.5 Å². The van der Waals surface area contributed by atoms with Crippen molar-refractivity contribution in [3.8, 4) is 0 Å². The summed E-state index contributed by atoms with van der Waals surface area (Å²) in [4.78, 5) is 24.3. The number of anilines is 1. The van der Waals surface area contributed by atoms with Gasteiger partial charge in [0.05, 0.1) is 15.6 Å². The van der Waals surface area contributed by atoms with Crippen LogP contribution in [0.3, 0.4) is 0 Å². The van der Waals surface area contributed by atoms with Crippen LogP contribution in [-0.2, 0) is 19.6 Å². The number of benzene rings is 1. The molecular formula is C16H19ClF3N3O6S. The molecule has 168 valence electrons. The zero-order valence-corrected chi connectivity index (χ0v) is 17.2. The summed E-state index contributed by atoms with van der Waals surface area (Å²) in [5.41, 5.74) is -3.99. The molecule has 1 fully saturated rings. The average molecular weight is 474 g/mol. The number of hydrogen-bond donors (Lipinski definition) is 3. The van der Waals surface area contributed by atoms with Crippen LogP contribution in [0.2, 0.25) is 5.02 Å². The fourth-order valence-electron chi connectivity index (χ4n) is 2.56. The maximum absolute atomic E-state index is 12.7. The third kappa shape index (κ3) is 4.86. The summed E-state index contributed by atoms with van der Waals surface area (Å²) in [6.07, 6.45) is -5.23. The summed E-state index contributed by atoms with van der Waals surface area (Å²) < 4.78 is 64.8. The number of hydrogen-bond acceptors (Lipinski definition) is 6. The van der Waals surface area contributed by atoms with Crippen molar-refractivity contribution < 1.29 is 41.4 Å². The molecule has 1 saturated heterocycles. The normalized spacial score (nSPS) is 18.0. The van der Waals surface area contributed by atoms with Gasteiger partial charge in [0.2, 0.25) is 21.5 Å². The summed E-state index contributed by atoms with van der Waals surface area (Å²) in [5, 5.41) is 19.7. The van der Waals surface area contributed by atoms with Crippen molar-refractivity contribution in [2.24, 2.45) is 0 Å². The van der Waals surface area contributed by atoms with E-state index in [2.05, 4.69) is 0 Å². The highest BCUT2D eigenvalue weighted by atomic mass is 35.5. The van der Waals surface area contributed by atoms with Gasteiger partial charge in [0.1, 0.15) is 6.61 Å². The van der Waals surface area contributed by atoms with E-state index in [1.54, 1.807) is 0 Å². The van der Waals surface area contributed by atoms with Crippen molar-refractivity contribution in [2.75, 3.05) is 38.1 Å². The lowest BCUT2D eigenvalue weighted by atomic mass is 10.1. The number of nitrogens with zero attached hydrogens (tertiary/aromatic N) is 2. The molecule has 0 spiro atoms. The van der Waals surface area contributed by atoms with Crippen molar-refractivity contribution in [3.05, 3.63) is 23.2 Å². The molecule has 1 aliphatic heterocycles. The highest BCUT2D eigenvalue weighted by Gasteiger charge is 2.55. The van der Waals surface area contributed by atoms with Gasteiger partial charge in [-0.2, -0.15) is 17.5 Å². The molecule has 0 radical (unpaired) electrons. The first kappa shape index (κ1) is 24.3. The van der Waals surface area contributed by atoms with Crippen molar-refractivity contribution in [1.29, 1.82) is 0 Å². The Bertz CT molecular complexity index is 931. The Kier molecular flexibility index (Phi) is 7.03. The van der Waals surface area contributed by atoms with Crippen LogP contribution in [0.4, 0.5) is 18.9 Å². The van der Waals surface area contributed by atoms with Gasteiger partial charge >= 0.3 is 6.18 Å². The van der Waals surface area contributed by atoms with Gasteiger partial charge in [-0.3, -0.25) is 9.59 Å². The molecule has 1 aromatic rings. The van der Waals surface area contributed by atoms with Gasteiger partial charge in [-0.05, 0) is 25.1 Å². The number of alkyl halides is 3. The van der Waals surface area contributed by atoms with E-state index in [9.17, 15) is 36.3 Å². The fraction of sp³-hybridized carbons (Fsp3) is 0.500. The summed E-state index contributed by atoms with van der Waals surface area (Å²) in [5.74, 6) is -2.30. The molecule has 2 rings (SSSR count). The number of nitrogens with one attached hydrogen (secondary N) is 1. The maximum atomic E-state index is 12.7. The lowest BCUT2D eigenvalue weighted by molar-refractivity contribution is -0.242. The Morgan fingerprint density at radius 1 is 1.20 bits per heavy atom. The predicted molar refractivity (Wildman–Crippen MR) is 99.2 cm³/mol. The topological polar surface area (TPSA) is 127 Å². The molecule has 0 saturated carbocycles. The van der Waals surface area contributed by atoms with Gasteiger partial charge in [0, 0.05) is 26.2 Å². The summed E-state index contributed by atoms with van der Waals surface area (Å²) in [6.45, 7) is -0.315. The summed E-state index contributed by atoms with van der Waals surface area (Å²) in [7, 11) is -4.03. The second kappa shape index (κ2) is 8.67. The van der Waals surface area contributed by atoms with E-state index in [-0.39, 0.29) is 48.7 Å². The van der Waals surface area contributed by atoms with E-state index in [0.29, 0.717) is 0 Å². The zero-order valence-electron chi connectivity index (χ0n) is 15.6. The molecular weight excluding hydrogens is 455 g/mol. The number of piperazine rings is 1. The molecule has 1 heterocycles. The first-order chi connectivity index (χ1) is 13.7. The van der Waals surface area contributed by atoms with Crippen LogP contribution >= 0.6 is 11.6 Å². The molecule has 0 aromatic heterocycles. The monoisotopic (exact) mass is 473 g/mol. The summed E-state index contributed by atoms with van der Waals surface area (Å²) >= 11 is 5.93. The number of aliphatic hydroxyl groups is 2. The third-order valence-electron chi connectivity index (χ3n) is 4.55. The number of carbonyl (C=O) groups excluding carboxylic acids is 2. The molecule has 0 unspecified atom stereocenters. The van der Waals surface area contributed by atoms with Crippen LogP contribution in [0.1, 0.15) is 6.92 Å². The molecule has 1 aromatic carbocycles. The minimum atomic E-state index is -5.23. The lowest BCUT2D eigenvalue weighted by Gasteiger charge is -2.33. The minimum Gasteiger partial charge on any atom is -0.387 e. The van der Waals surface area contributed by atoms with E-state index in [1.165, 1.54) is 4.90 Å². The van der Waals surface area contributed by atoms with Crippen molar-refractivity contribution in [1.82, 2.24) is 9.21 Å². The van der Waals surface area contributed by atoms with E-state index < -0.39 is 40.2 Å². The average Bonchev–Trinajstić information content (AvgIpc) is 2.67. The van der Waals surface area contributed by atoms with Crippen LogP contribution in [0.25, 0.3) is 0 Å². The molecule has 1 aliphatic rings. The fourth-order valence-corrected chi connectivity index (χ4v) is 4.30. The smallest absolute Gasteiger partial charge is 0.387 e.